The van der Waals surface area contributed by atoms with Crippen LogP contribution in [0.5, 0.6) is 0 Å². The number of aromatic carboxylic acids is 1. The van der Waals surface area contributed by atoms with Crippen molar-refractivity contribution in [2.24, 2.45) is 0 Å². The van der Waals surface area contributed by atoms with Crippen molar-refractivity contribution in [2.75, 3.05) is 52.9 Å². The molecule has 2 aromatic rings. The first-order chi connectivity index (χ1) is 49.1. The van der Waals surface area contributed by atoms with Crippen molar-refractivity contribution in [1.29, 1.82) is 0 Å². The molecule has 0 aromatic heterocycles. The molecule has 0 saturated carbocycles. The minimum atomic E-state index is -2.41. The van der Waals surface area contributed by atoms with Gasteiger partial charge in [-0.1, -0.05) is 24.3 Å². The van der Waals surface area contributed by atoms with E-state index in [-0.39, 0.29) is 0 Å². The molecule has 24 N–H and O–H groups in total. The molecular weight excluding hydrogens is 1410 g/mol. The largest absolute Gasteiger partial charge is 0.478 e. The monoisotopic (exact) mass is 1490 g/mol. The van der Waals surface area contributed by atoms with E-state index in [0.29, 0.717) is 10.8 Å². The second-order valence-electron chi connectivity index (χ2n) is 25.9. The van der Waals surface area contributed by atoms with Gasteiger partial charge in [0, 0.05) is 0 Å². The Morgan fingerprint density at radius 3 is 0.650 bits per heavy atom. The summed E-state index contributed by atoms with van der Waals surface area (Å²) >= 11 is 0. The molecule has 30 heterocycles. The number of ether oxygens (including phenoxy) is 17. The second kappa shape index (κ2) is 33.9. The van der Waals surface area contributed by atoms with Crippen LogP contribution in [0.2, 0.25) is 0 Å². The van der Waals surface area contributed by atoms with E-state index < -0.39 is 322 Å². The van der Waals surface area contributed by atoms with Crippen LogP contribution in [0, 0.1) is 0 Å². The number of esters is 1. The first kappa shape index (κ1) is 80.1. The molecule has 2 aromatic carbocycles. The summed E-state index contributed by atoms with van der Waals surface area (Å²) in [5.74, 6) is -2.92. The van der Waals surface area contributed by atoms with Gasteiger partial charge in [0.15, 0.2) is 50.3 Å². The summed E-state index contributed by atoms with van der Waals surface area (Å²) < 4.78 is 98.1. The fourth-order valence-corrected chi connectivity index (χ4v) is 13.7. The van der Waals surface area contributed by atoms with Gasteiger partial charge < -0.3 is 203 Å². The molecular formula is C60H86O43. The average Bonchev–Trinajstić information content (AvgIpc) is 0.777. The molecule has 0 amide bonds. The fourth-order valence-electron chi connectivity index (χ4n) is 13.7. The number of aliphatic hydroxyl groups excluding tert-OH is 23. The Kier molecular flexibility index (Phi) is 26.4. The molecule has 0 aliphatic carbocycles. The lowest BCUT2D eigenvalue weighted by molar-refractivity contribution is -0.404. The summed E-state index contributed by atoms with van der Waals surface area (Å²) in [6.07, 6.45) is -85.3. The van der Waals surface area contributed by atoms with Gasteiger partial charge in [-0.3, -0.25) is 0 Å². The molecule has 30 aliphatic rings. The summed E-state index contributed by atoms with van der Waals surface area (Å²) in [6.45, 7) is -9.03. The molecule has 30 aliphatic heterocycles. The Hall–Kier alpha value is -3.92. The first-order valence-electron chi connectivity index (χ1n) is 32.7. The van der Waals surface area contributed by atoms with E-state index >= 15 is 0 Å². The Morgan fingerprint density at radius 1 is 0.272 bits per heavy atom. The van der Waals surface area contributed by atoms with E-state index in [4.69, 9.17) is 80.5 Å². The minimum absolute atomic E-state index is 0.369. The number of benzene rings is 2. The molecule has 43 nitrogen and oxygen atoms in total. The van der Waals surface area contributed by atoms with Crippen LogP contribution in [0.1, 0.15) is 20.7 Å². The molecule has 32 rings (SSSR count). The lowest BCUT2D eigenvalue weighted by Gasteiger charge is -2.50. The SMILES string of the molecule is O=C(O)c1cc2ccccc2cc1C(=O)OC[C@H]1O[C@@H]2O[C@H]3[C@H](O)[C@@H](O)[C@@H](O[C@H]4[C@H](O)[C@@H](O)[C@@H](O[C@H]5[C@H](O)[C@@H](O)[C@@H](O[C@H]6[C@H](O)[C@@H](O)[C@@H](O[C@H]7[C@H](O)[C@@H](O)[C@@H](O[C@H]8[C@H](O)[C@@H](O)[C@@H](O[C@H]9[C@H](O)[C@@H](O)[C@@H](O[C@H]1[C@H](O)[C@H]2O)O[C@@H]9CO)O[C@@H]8CO)O[C@@H]7CO)O[C@@H]6CO)O[C@@H]5CO)O[C@@H]4CO)O[C@@H]3CO. The highest BCUT2D eigenvalue weighted by Crippen LogP contribution is 2.40. The maximum absolute atomic E-state index is 14.0. The Balaban J connectivity index is 0.884. The number of carbonyl (C=O) groups is 2. The van der Waals surface area contributed by atoms with Crippen LogP contribution in [0.25, 0.3) is 10.8 Å². The van der Waals surface area contributed by atoms with Crippen LogP contribution < -0.4 is 0 Å². The van der Waals surface area contributed by atoms with Gasteiger partial charge in [-0.25, -0.2) is 9.59 Å². The molecule has 0 unspecified atom stereocenters. The number of carboxylic acids is 1. The summed E-state index contributed by atoms with van der Waals surface area (Å²) in [5.41, 5.74) is -1.07. The predicted octanol–water partition coefficient (Wildman–Crippen LogP) is -14.7. The number of carboxylic acid groups (broad SMARTS) is 1. The van der Waals surface area contributed by atoms with Crippen molar-refractivity contribution in [2.45, 2.75) is 246 Å². The highest BCUT2D eigenvalue weighted by molar-refractivity contribution is 6.06. The first-order valence-corrected chi connectivity index (χ1v) is 32.7. The van der Waals surface area contributed by atoms with Crippen molar-refractivity contribution in [3.8, 4) is 0 Å². The molecule has 30 saturated heterocycles. The van der Waals surface area contributed by atoms with Gasteiger partial charge >= 0.3 is 11.9 Å². The molecule has 16 bridgehead atoms. The van der Waals surface area contributed by atoms with Crippen LogP contribution >= 0.6 is 0 Å². The van der Waals surface area contributed by atoms with Crippen molar-refractivity contribution in [3.05, 3.63) is 47.5 Å². The van der Waals surface area contributed by atoms with E-state index in [0.717, 1.165) is 0 Å². The maximum Gasteiger partial charge on any atom is 0.339 e. The summed E-state index contributed by atoms with van der Waals surface area (Å²) in [6, 6.07) is 8.65. The van der Waals surface area contributed by atoms with Gasteiger partial charge in [0.25, 0.3) is 0 Å². The van der Waals surface area contributed by atoms with Gasteiger partial charge in [0.05, 0.1) is 57.4 Å². The highest BCUT2D eigenvalue weighted by atomic mass is 16.8. The normalized spacial score (nSPS) is 48.9. The average molecular weight is 1500 g/mol. The third-order valence-electron chi connectivity index (χ3n) is 19.4. The molecule has 0 spiro atoms. The smallest absolute Gasteiger partial charge is 0.339 e. The van der Waals surface area contributed by atoms with Crippen LogP contribution in [0.15, 0.2) is 36.4 Å². The summed E-state index contributed by atoms with van der Waals surface area (Å²) in [7, 11) is 0. The predicted molar refractivity (Wildman–Crippen MR) is 315 cm³/mol. The molecule has 30 fully saturated rings. The Bertz CT molecular complexity index is 3070. The third-order valence-corrected chi connectivity index (χ3v) is 19.4. The van der Waals surface area contributed by atoms with Crippen LogP contribution in [-0.2, 0) is 80.5 Å². The van der Waals surface area contributed by atoms with Crippen molar-refractivity contribution in [3.63, 3.8) is 0 Å². The van der Waals surface area contributed by atoms with E-state index in [9.17, 15) is 132 Å². The highest BCUT2D eigenvalue weighted by Gasteiger charge is 2.61. The number of hydrogen-bond acceptors (Lipinski definition) is 42. The number of fused-ring (bicyclic) bond motifs is 1. The maximum atomic E-state index is 14.0. The quantitative estimate of drug-likeness (QED) is 0.0929. The fraction of sp³-hybridized carbons (Fsp3) is 0.800. The topological polar surface area (TPSA) is 677 Å². The molecule has 40 atom stereocenters. The number of hydrogen-bond donors (Lipinski definition) is 24. The Morgan fingerprint density at radius 2 is 0.456 bits per heavy atom. The number of aliphatic hydroxyl groups is 23. The van der Waals surface area contributed by atoms with Crippen molar-refractivity contribution >= 4 is 22.7 Å². The van der Waals surface area contributed by atoms with Gasteiger partial charge in [-0.2, -0.15) is 0 Å². The lowest BCUT2D eigenvalue weighted by atomic mass is 9.94. The van der Waals surface area contributed by atoms with Gasteiger partial charge in [0.2, 0.25) is 0 Å². The van der Waals surface area contributed by atoms with E-state index in [1.165, 1.54) is 12.1 Å². The third kappa shape index (κ3) is 16.0. The van der Waals surface area contributed by atoms with Gasteiger partial charge in [-0.15, -0.1) is 0 Å². The van der Waals surface area contributed by atoms with Crippen molar-refractivity contribution in [1.82, 2.24) is 0 Å². The summed E-state index contributed by atoms with van der Waals surface area (Å²) in [4.78, 5) is 26.5. The van der Waals surface area contributed by atoms with E-state index in [1.54, 1.807) is 24.3 Å². The van der Waals surface area contributed by atoms with Gasteiger partial charge in [0.1, 0.15) is 202 Å². The zero-order valence-corrected chi connectivity index (χ0v) is 53.7. The molecule has 43 heteroatoms. The molecule has 584 valence electrons. The van der Waals surface area contributed by atoms with Crippen LogP contribution in [0.4, 0.5) is 0 Å². The van der Waals surface area contributed by atoms with E-state index in [2.05, 4.69) is 0 Å². The summed E-state index contributed by atoms with van der Waals surface area (Å²) in [5, 5.41) is 270. The van der Waals surface area contributed by atoms with Crippen LogP contribution in [-0.4, -0.2) is 433 Å². The Labute approximate surface area is 580 Å². The number of rotatable bonds is 11. The lowest BCUT2D eigenvalue weighted by Crippen LogP contribution is -2.69. The zero-order valence-electron chi connectivity index (χ0n) is 53.7. The van der Waals surface area contributed by atoms with Crippen LogP contribution in [0.3, 0.4) is 0 Å². The van der Waals surface area contributed by atoms with Crippen molar-refractivity contribution < 1.29 is 213 Å². The van der Waals surface area contributed by atoms with E-state index in [1.807, 2.05) is 0 Å². The zero-order chi connectivity index (χ0) is 74.5. The number of carbonyl (C=O) groups excluding carboxylic acids is 1. The minimum Gasteiger partial charge on any atom is -0.478 e. The second-order valence-corrected chi connectivity index (χ2v) is 25.9. The molecule has 103 heavy (non-hydrogen) atoms. The standard InChI is InChI=1S/C60H86O43/c61-7-19-43-27(68)35(76)53(88-19)97-44-20(8-62)90-55(37(78)29(44)70)99-46-22(10-64)92-57(39(80)31(46)72)101-48-24(12-66)94-59(41(82)33(48)74)103-50-26(14-87-52(86)18-6-16-4-2-1-3-15(16)5-17(18)51(84)85)95-60(42(83)34(50)75)102-49-25(13-67)93-58(40(81)32(49)73)100-47-23(11-65)91-56(38(79)30(47)71)98-45-21(9-63)89-54(96-43)36(77)28(45)69/h1-6,19-50,53-83H,7-14H2,(H,84,85)/t19-,20-,21-,22-,23-,24-,25-,26-,27-,28-,29-,30-,31-,32-,33-,34-,35-,36-,37-,38-,39-,40-,41-,42-,43-,44-,45-,46-,47-,48-,49-,50-,53-,54-,55-,56-,57-,58-,59-,60-/m1/s1. The van der Waals surface area contributed by atoms with Gasteiger partial charge in [-0.05, 0) is 22.9 Å². The molecule has 0 radical (unpaired) electrons.